The minimum Gasteiger partial charge on any atom is -0.364 e. The Bertz CT molecular complexity index is 449. The lowest BCUT2D eigenvalue weighted by Crippen LogP contribution is -2.46. The van der Waals surface area contributed by atoms with Gasteiger partial charge < -0.3 is 9.84 Å². The van der Waals surface area contributed by atoms with Crippen LogP contribution in [0.4, 0.5) is 0 Å². The van der Waals surface area contributed by atoms with E-state index < -0.39 is 6.29 Å². The molecule has 3 aliphatic rings. The van der Waals surface area contributed by atoms with E-state index in [4.69, 9.17) is 4.74 Å². The molecule has 0 spiro atoms. The summed E-state index contributed by atoms with van der Waals surface area (Å²) in [5.41, 5.74) is 1.76. The molecule has 1 heterocycles. The van der Waals surface area contributed by atoms with Gasteiger partial charge >= 0.3 is 0 Å². The third-order valence-corrected chi connectivity index (χ3v) is 5.24. The topological polar surface area (TPSA) is 46.5 Å². The van der Waals surface area contributed by atoms with Crippen LogP contribution in [0.3, 0.4) is 0 Å². The van der Waals surface area contributed by atoms with Gasteiger partial charge in [-0.05, 0) is 36.7 Å². The zero-order chi connectivity index (χ0) is 13.3. The molecule has 0 aromatic heterocycles. The van der Waals surface area contributed by atoms with Crippen molar-refractivity contribution >= 4 is 5.78 Å². The average molecular weight is 250 g/mol. The molecule has 0 saturated heterocycles. The van der Waals surface area contributed by atoms with Gasteiger partial charge in [-0.2, -0.15) is 0 Å². The summed E-state index contributed by atoms with van der Waals surface area (Å²) in [5, 5.41) is 10.1. The molecule has 0 amide bonds. The Morgan fingerprint density at radius 2 is 1.94 bits per heavy atom. The largest absolute Gasteiger partial charge is 0.364 e. The van der Waals surface area contributed by atoms with Crippen LogP contribution in [0.25, 0.3) is 0 Å². The fourth-order valence-electron chi connectivity index (χ4n) is 4.38. The first-order chi connectivity index (χ1) is 8.24. The number of Topliss-reactive ketones (excluding diaryl/α,β-unsaturated/α-hetero) is 1. The standard InChI is InChI=1S/C15H22O3/c1-8-12-10(16)6-15(12,4)9-5-14(2,3)7-11(9)18-13(8)17/h9,11,13,17H,5-7H2,1-4H3/t9-,11-,13+,15+/m0/s1. The summed E-state index contributed by atoms with van der Waals surface area (Å²) in [6.07, 6.45) is 1.85. The molecule has 3 heteroatoms. The molecule has 2 saturated carbocycles. The molecule has 1 N–H and O–H groups in total. The second-order valence-corrected chi connectivity index (χ2v) is 7.28. The predicted molar refractivity (Wildman–Crippen MR) is 67.8 cm³/mol. The molecule has 4 atom stereocenters. The smallest absolute Gasteiger partial charge is 0.177 e. The molecule has 0 aromatic carbocycles. The summed E-state index contributed by atoms with van der Waals surface area (Å²) >= 11 is 0. The maximum Gasteiger partial charge on any atom is 0.177 e. The van der Waals surface area contributed by atoms with Gasteiger partial charge in [-0.25, -0.2) is 0 Å². The molecule has 0 unspecified atom stereocenters. The van der Waals surface area contributed by atoms with Gasteiger partial charge in [-0.3, -0.25) is 4.79 Å². The summed E-state index contributed by atoms with van der Waals surface area (Å²) in [4.78, 5) is 11.9. The molecule has 0 radical (unpaired) electrons. The summed E-state index contributed by atoms with van der Waals surface area (Å²) in [7, 11) is 0. The van der Waals surface area contributed by atoms with Crippen molar-refractivity contribution < 1.29 is 14.6 Å². The van der Waals surface area contributed by atoms with E-state index in [2.05, 4.69) is 20.8 Å². The Hall–Kier alpha value is -0.670. The van der Waals surface area contributed by atoms with Crippen LogP contribution in [0.15, 0.2) is 11.1 Å². The lowest BCUT2D eigenvalue weighted by atomic mass is 9.56. The number of rotatable bonds is 0. The maximum atomic E-state index is 11.9. The SMILES string of the molecule is CC1=C2C(=O)C[C@]2(C)[C@H]2CC(C)(C)C[C@@H]2O[C@H]1O. The first-order valence-electron chi connectivity index (χ1n) is 6.83. The van der Waals surface area contributed by atoms with E-state index in [1.807, 2.05) is 6.92 Å². The number of hydrogen-bond acceptors (Lipinski definition) is 3. The number of carbonyl (C=O) groups is 1. The second-order valence-electron chi connectivity index (χ2n) is 7.28. The van der Waals surface area contributed by atoms with Crippen molar-refractivity contribution in [2.45, 2.75) is 59.4 Å². The predicted octanol–water partition coefficient (Wildman–Crippen LogP) is 2.44. The summed E-state index contributed by atoms with van der Waals surface area (Å²) in [5.74, 6) is 0.565. The van der Waals surface area contributed by atoms with Crippen molar-refractivity contribution in [3.63, 3.8) is 0 Å². The number of aliphatic hydroxyl groups is 1. The molecule has 3 rings (SSSR count). The van der Waals surface area contributed by atoms with E-state index in [-0.39, 0.29) is 22.7 Å². The van der Waals surface area contributed by atoms with Gasteiger partial charge in [0, 0.05) is 17.4 Å². The molecule has 3 nitrogen and oxygen atoms in total. The third-order valence-electron chi connectivity index (χ3n) is 5.24. The average Bonchev–Trinajstić information content (AvgIpc) is 2.50. The van der Waals surface area contributed by atoms with Crippen molar-refractivity contribution in [2.75, 3.05) is 0 Å². The van der Waals surface area contributed by atoms with Crippen LogP contribution in [0, 0.1) is 16.7 Å². The molecule has 2 fully saturated rings. The number of fused-ring (bicyclic) bond motifs is 3. The summed E-state index contributed by atoms with van der Waals surface area (Å²) in [6, 6.07) is 0. The summed E-state index contributed by atoms with van der Waals surface area (Å²) < 4.78 is 5.82. The molecule has 0 bridgehead atoms. The lowest BCUT2D eigenvalue weighted by molar-refractivity contribution is -0.134. The van der Waals surface area contributed by atoms with Crippen molar-refractivity contribution in [3.8, 4) is 0 Å². The van der Waals surface area contributed by atoms with Gasteiger partial charge in [0.25, 0.3) is 0 Å². The van der Waals surface area contributed by atoms with Gasteiger partial charge in [0.1, 0.15) is 0 Å². The quantitative estimate of drug-likeness (QED) is 0.718. The molecule has 0 aromatic rings. The van der Waals surface area contributed by atoms with E-state index in [1.54, 1.807) is 0 Å². The van der Waals surface area contributed by atoms with E-state index in [0.29, 0.717) is 12.3 Å². The number of ketones is 1. The van der Waals surface area contributed by atoms with Gasteiger partial charge in [0.2, 0.25) is 0 Å². The fourth-order valence-corrected chi connectivity index (χ4v) is 4.38. The molecule has 2 aliphatic carbocycles. The van der Waals surface area contributed by atoms with Crippen molar-refractivity contribution in [2.24, 2.45) is 16.7 Å². The number of carbonyl (C=O) groups excluding carboxylic acids is 1. The van der Waals surface area contributed by atoms with E-state index in [0.717, 1.165) is 24.0 Å². The van der Waals surface area contributed by atoms with Gasteiger partial charge in [0.15, 0.2) is 12.1 Å². The fraction of sp³-hybridized carbons (Fsp3) is 0.800. The van der Waals surface area contributed by atoms with Gasteiger partial charge in [0.05, 0.1) is 6.10 Å². The Morgan fingerprint density at radius 3 is 2.56 bits per heavy atom. The number of allylic oxidation sites excluding steroid dienone is 1. The number of ether oxygens (including phenoxy) is 1. The van der Waals surface area contributed by atoms with Gasteiger partial charge in [-0.15, -0.1) is 0 Å². The van der Waals surface area contributed by atoms with Crippen LogP contribution in [-0.4, -0.2) is 23.3 Å². The van der Waals surface area contributed by atoms with E-state index in [1.165, 1.54) is 0 Å². The summed E-state index contributed by atoms with van der Waals surface area (Å²) in [6.45, 7) is 8.50. The zero-order valence-electron chi connectivity index (χ0n) is 11.6. The zero-order valence-corrected chi connectivity index (χ0v) is 11.6. The minimum absolute atomic E-state index is 0.0723. The molecule has 1 aliphatic heterocycles. The van der Waals surface area contributed by atoms with Crippen LogP contribution < -0.4 is 0 Å². The Kier molecular flexibility index (Phi) is 2.37. The lowest BCUT2D eigenvalue weighted by Gasteiger charge is -2.46. The van der Waals surface area contributed by atoms with Crippen LogP contribution >= 0.6 is 0 Å². The molecular formula is C15H22O3. The first-order valence-corrected chi connectivity index (χ1v) is 6.83. The van der Waals surface area contributed by atoms with Crippen molar-refractivity contribution in [1.29, 1.82) is 0 Å². The van der Waals surface area contributed by atoms with Crippen LogP contribution in [0.1, 0.15) is 47.0 Å². The van der Waals surface area contributed by atoms with Crippen LogP contribution in [-0.2, 0) is 9.53 Å². The highest BCUT2D eigenvalue weighted by atomic mass is 16.6. The van der Waals surface area contributed by atoms with E-state index in [9.17, 15) is 9.90 Å². The number of aliphatic hydroxyl groups excluding tert-OH is 1. The van der Waals surface area contributed by atoms with E-state index >= 15 is 0 Å². The van der Waals surface area contributed by atoms with Gasteiger partial charge in [-0.1, -0.05) is 20.8 Å². The molecule has 18 heavy (non-hydrogen) atoms. The third kappa shape index (κ3) is 1.47. The highest BCUT2D eigenvalue weighted by Gasteiger charge is 2.59. The highest BCUT2D eigenvalue weighted by Crippen LogP contribution is 2.61. The van der Waals surface area contributed by atoms with Crippen LogP contribution in [0.5, 0.6) is 0 Å². The van der Waals surface area contributed by atoms with Crippen LogP contribution in [0.2, 0.25) is 0 Å². The second kappa shape index (κ2) is 3.45. The Morgan fingerprint density at radius 1 is 1.28 bits per heavy atom. The molecule has 100 valence electrons. The Balaban J connectivity index is 2.05. The monoisotopic (exact) mass is 250 g/mol. The maximum absolute atomic E-state index is 11.9. The Labute approximate surface area is 108 Å². The first kappa shape index (κ1) is 12.4. The van der Waals surface area contributed by atoms with Crippen molar-refractivity contribution in [3.05, 3.63) is 11.1 Å². The minimum atomic E-state index is -0.896. The van der Waals surface area contributed by atoms with Crippen molar-refractivity contribution in [1.82, 2.24) is 0 Å². The number of hydrogen-bond donors (Lipinski definition) is 1. The molecular weight excluding hydrogens is 228 g/mol. The normalized spacial score (nSPS) is 46.3. The highest BCUT2D eigenvalue weighted by molar-refractivity contribution is 6.05.